The molecule has 0 bridgehead atoms. The molecule has 8 nitrogen and oxygen atoms in total. The van der Waals surface area contributed by atoms with Crippen molar-refractivity contribution in [2.75, 3.05) is 17.7 Å². The number of amides is 1. The van der Waals surface area contributed by atoms with Crippen molar-refractivity contribution >= 4 is 68.0 Å². The minimum atomic E-state index is -0.593. The molecule has 0 atom stereocenters. The van der Waals surface area contributed by atoms with Crippen LogP contribution in [0.3, 0.4) is 0 Å². The average molecular weight is 572 g/mol. The van der Waals surface area contributed by atoms with Gasteiger partial charge in [0.1, 0.15) is 16.3 Å². The Labute approximate surface area is 227 Å². The summed E-state index contributed by atoms with van der Waals surface area (Å²) in [4.78, 5) is 35.1. The van der Waals surface area contributed by atoms with E-state index >= 15 is 0 Å². The van der Waals surface area contributed by atoms with E-state index in [-0.39, 0.29) is 27.2 Å². The number of thiazole rings is 2. The van der Waals surface area contributed by atoms with Crippen molar-refractivity contribution in [2.24, 2.45) is 0 Å². The number of nitrogens with one attached hydrogen (secondary N) is 1. The molecule has 0 radical (unpaired) electrons. The van der Waals surface area contributed by atoms with Crippen LogP contribution in [-0.4, -0.2) is 37.4 Å². The average Bonchev–Trinajstić information content (AvgIpc) is 3.51. The number of hydrogen-bond acceptors (Lipinski definition) is 9. The second kappa shape index (κ2) is 10.9. The van der Waals surface area contributed by atoms with Gasteiger partial charge in [0.05, 0.1) is 23.7 Å². The maximum atomic E-state index is 14.9. The topological polar surface area (TPSA) is 91.0 Å². The zero-order valence-electron chi connectivity index (χ0n) is 19.2. The van der Waals surface area contributed by atoms with Gasteiger partial charge in [-0.3, -0.25) is 18.7 Å². The van der Waals surface area contributed by atoms with Crippen LogP contribution >= 0.6 is 46.7 Å². The molecular weight excluding hydrogens is 554 g/mol. The molecule has 5 rings (SSSR count). The van der Waals surface area contributed by atoms with Crippen LogP contribution < -0.4 is 15.6 Å². The number of carbonyl (C=O) groups is 1. The number of nitrogens with zero attached hydrogens (tertiary/aromatic N) is 4. The van der Waals surface area contributed by atoms with Crippen LogP contribution in [0.15, 0.2) is 70.1 Å². The molecule has 0 fully saturated rings. The van der Waals surface area contributed by atoms with E-state index in [4.69, 9.17) is 21.9 Å². The van der Waals surface area contributed by atoms with Gasteiger partial charge in [0.25, 0.3) is 5.56 Å². The Kier molecular flexibility index (Phi) is 7.46. The summed E-state index contributed by atoms with van der Waals surface area (Å²) in [5.74, 6) is -0.424. The van der Waals surface area contributed by atoms with E-state index in [1.807, 2.05) is 31.2 Å². The third-order valence-corrected chi connectivity index (χ3v) is 8.07. The number of ether oxygens (including phenoxy) is 1. The van der Waals surface area contributed by atoms with Gasteiger partial charge in [0.2, 0.25) is 5.91 Å². The van der Waals surface area contributed by atoms with Crippen molar-refractivity contribution in [2.45, 2.75) is 12.1 Å². The number of carbonyl (C=O) groups excluding carboxylic acids is 1. The first-order chi connectivity index (χ1) is 18.0. The minimum absolute atomic E-state index is 0.0327. The molecule has 0 saturated carbocycles. The van der Waals surface area contributed by atoms with Gasteiger partial charge >= 0.3 is 0 Å². The minimum Gasteiger partial charge on any atom is -0.492 e. The standard InChI is InChI=1S/C24H18FN5O3S4/c1-2-33-17-10-6-5-9-16(17)29-20-19(37-24(29)34)21(32)30(15-8-4-3-7-14(15)25)23(28-20)36-13-18(31)27-22-26-11-12-35-22/h3-12H,2,13H2,1H3,(H,26,27,31). The number of anilines is 1. The van der Waals surface area contributed by atoms with E-state index in [1.165, 1.54) is 34.1 Å². The van der Waals surface area contributed by atoms with Crippen LogP contribution in [-0.2, 0) is 4.79 Å². The van der Waals surface area contributed by atoms with Gasteiger partial charge in [-0.25, -0.2) is 14.4 Å². The van der Waals surface area contributed by atoms with Crippen molar-refractivity contribution in [1.82, 2.24) is 19.1 Å². The fourth-order valence-corrected chi connectivity index (χ4v) is 6.21. The maximum absolute atomic E-state index is 14.9. The van der Waals surface area contributed by atoms with Gasteiger partial charge in [-0.1, -0.05) is 47.4 Å². The first kappa shape index (κ1) is 25.3. The molecule has 0 saturated heterocycles. The molecule has 0 aliphatic rings. The van der Waals surface area contributed by atoms with Gasteiger partial charge < -0.3 is 10.1 Å². The molecule has 37 heavy (non-hydrogen) atoms. The van der Waals surface area contributed by atoms with Crippen LogP contribution in [0.4, 0.5) is 9.52 Å². The van der Waals surface area contributed by atoms with E-state index < -0.39 is 11.4 Å². The lowest BCUT2D eigenvalue weighted by atomic mass is 10.3. The molecule has 0 spiro atoms. The second-order valence-corrected chi connectivity index (χ2v) is 10.9. The second-order valence-electron chi connectivity index (χ2n) is 7.42. The molecule has 0 aliphatic heterocycles. The highest BCUT2D eigenvalue weighted by Gasteiger charge is 2.22. The van der Waals surface area contributed by atoms with Crippen molar-refractivity contribution in [3.05, 3.63) is 80.2 Å². The zero-order valence-corrected chi connectivity index (χ0v) is 22.5. The fourth-order valence-electron chi connectivity index (χ4n) is 3.58. The molecule has 188 valence electrons. The van der Waals surface area contributed by atoms with Crippen molar-refractivity contribution < 1.29 is 13.9 Å². The van der Waals surface area contributed by atoms with E-state index in [0.29, 0.717) is 32.8 Å². The highest BCUT2D eigenvalue weighted by Crippen LogP contribution is 2.31. The van der Waals surface area contributed by atoms with E-state index in [2.05, 4.69) is 10.3 Å². The number of hydrogen-bond donors (Lipinski definition) is 1. The van der Waals surface area contributed by atoms with Crippen LogP contribution in [0.2, 0.25) is 0 Å². The summed E-state index contributed by atoms with van der Waals surface area (Å²) in [7, 11) is 0. The summed E-state index contributed by atoms with van der Waals surface area (Å²) in [6.45, 7) is 2.31. The van der Waals surface area contributed by atoms with Crippen molar-refractivity contribution in [1.29, 1.82) is 0 Å². The third-order valence-electron chi connectivity index (χ3n) is 5.09. The Hall–Kier alpha value is -3.39. The number of halogens is 1. The predicted molar refractivity (Wildman–Crippen MR) is 148 cm³/mol. The van der Waals surface area contributed by atoms with E-state index in [1.54, 1.807) is 22.2 Å². The number of aromatic nitrogens is 4. The predicted octanol–water partition coefficient (Wildman–Crippen LogP) is 5.69. The van der Waals surface area contributed by atoms with E-state index in [9.17, 15) is 14.0 Å². The molecule has 3 aromatic heterocycles. The Morgan fingerprint density at radius 1 is 1.16 bits per heavy atom. The molecule has 1 amide bonds. The first-order valence-corrected chi connectivity index (χ1v) is 14.0. The largest absolute Gasteiger partial charge is 0.492 e. The van der Waals surface area contributed by atoms with E-state index in [0.717, 1.165) is 23.1 Å². The van der Waals surface area contributed by atoms with Gasteiger partial charge in [-0.2, -0.15) is 0 Å². The van der Waals surface area contributed by atoms with Gasteiger partial charge in [-0.15, -0.1) is 11.3 Å². The van der Waals surface area contributed by atoms with Crippen LogP contribution in [0.5, 0.6) is 5.75 Å². The van der Waals surface area contributed by atoms with Crippen LogP contribution in [0.25, 0.3) is 21.7 Å². The van der Waals surface area contributed by atoms with Crippen molar-refractivity contribution in [3.63, 3.8) is 0 Å². The SMILES string of the molecule is CCOc1ccccc1-n1c(=S)sc2c(=O)n(-c3ccccc3F)c(SCC(=O)Nc3nccs3)nc21. The molecular formula is C24H18FN5O3S4. The molecule has 13 heteroatoms. The lowest BCUT2D eigenvalue weighted by molar-refractivity contribution is -0.113. The van der Waals surface area contributed by atoms with Gasteiger partial charge in [0.15, 0.2) is 19.9 Å². The normalized spacial score (nSPS) is 11.1. The molecule has 0 unspecified atom stereocenters. The summed E-state index contributed by atoms with van der Waals surface area (Å²) in [6.07, 6.45) is 1.58. The van der Waals surface area contributed by atoms with Crippen LogP contribution in [0.1, 0.15) is 6.92 Å². The molecule has 1 N–H and O–H groups in total. The van der Waals surface area contributed by atoms with Gasteiger partial charge in [-0.05, 0) is 43.4 Å². The lowest BCUT2D eigenvalue weighted by Gasteiger charge is -2.14. The summed E-state index contributed by atoms with van der Waals surface area (Å²) in [6, 6.07) is 13.2. The zero-order chi connectivity index (χ0) is 25.9. The van der Waals surface area contributed by atoms with Gasteiger partial charge in [0, 0.05) is 11.6 Å². The highest BCUT2D eigenvalue weighted by atomic mass is 32.2. The monoisotopic (exact) mass is 571 g/mol. The maximum Gasteiger partial charge on any atom is 0.278 e. The first-order valence-electron chi connectivity index (χ1n) is 11.0. The summed E-state index contributed by atoms with van der Waals surface area (Å²) < 4.78 is 24.1. The Morgan fingerprint density at radius 2 is 1.92 bits per heavy atom. The van der Waals surface area contributed by atoms with Crippen molar-refractivity contribution in [3.8, 4) is 17.1 Å². The third kappa shape index (κ3) is 5.07. The number of rotatable bonds is 8. The Balaban J connectivity index is 1.67. The molecule has 2 aromatic carbocycles. The quantitative estimate of drug-likeness (QED) is 0.145. The van der Waals surface area contributed by atoms with Crippen LogP contribution in [0, 0.1) is 9.77 Å². The molecule has 3 heterocycles. The highest BCUT2D eigenvalue weighted by molar-refractivity contribution is 7.99. The Bertz CT molecular complexity index is 1710. The lowest BCUT2D eigenvalue weighted by Crippen LogP contribution is -2.23. The summed E-state index contributed by atoms with van der Waals surface area (Å²) in [5.41, 5.74) is 0.489. The summed E-state index contributed by atoms with van der Waals surface area (Å²) in [5, 5.41) is 5.05. The number of thioether (sulfide) groups is 1. The fraction of sp³-hybridized carbons (Fsp3) is 0.125. The number of benzene rings is 2. The Morgan fingerprint density at radius 3 is 2.65 bits per heavy atom. The number of para-hydroxylation sites is 3. The molecule has 0 aliphatic carbocycles. The summed E-state index contributed by atoms with van der Waals surface area (Å²) >= 11 is 9.01. The molecule has 5 aromatic rings. The number of fused-ring (bicyclic) bond motifs is 1. The smallest absolute Gasteiger partial charge is 0.278 e.